The van der Waals surface area contributed by atoms with Gasteiger partial charge in [-0.2, -0.15) is 9.78 Å². The van der Waals surface area contributed by atoms with E-state index in [1.807, 2.05) is 24.3 Å². The zero-order chi connectivity index (χ0) is 20.5. The monoisotopic (exact) mass is 450 g/mol. The lowest BCUT2D eigenvalue weighted by Crippen LogP contribution is -2.23. The maximum Gasteiger partial charge on any atom is 0.282 e. The molecule has 0 aliphatic carbocycles. The predicted octanol–water partition coefficient (Wildman–Crippen LogP) is 5.53. The van der Waals surface area contributed by atoms with Crippen molar-refractivity contribution in [3.63, 3.8) is 0 Å². The first-order chi connectivity index (χ1) is 14.0. The molecule has 0 amide bonds. The summed E-state index contributed by atoms with van der Waals surface area (Å²) in [5.74, 6) is 0.799. The van der Waals surface area contributed by atoms with E-state index in [0.29, 0.717) is 16.7 Å². The van der Waals surface area contributed by atoms with Crippen LogP contribution in [0.3, 0.4) is 0 Å². The molecule has 6 heteroatoms. The van der Waals surface area contributed by atoms with E-state index in [0.717, 1.165) is 33.9 Å². The van der Waals surface area contributed by atoms with Crippen molar-refractivity contribution in [1.29, 1.82) is 0 Å². The highest BCUT2D eigenvalue weighted by Crippen LogP contribution is 2.22. The first kappa shape index (κ1) is 19.6. The smallest absolute Gasteiger partial charge is 0.282 e. The van der Waals surface area contributed by atoms with Crippen LogP contribution < -0.4 is 5.56 Å². The standard InChI is InChI=1S/C23H23BrN4O/c1-4-15(3)22-26-20-11-10-17(24)12-19(20)23(29)28(22)25-13-16-14-27(5-2)21-9-7-6-8-18(16)21/h6-15H,4-5H2,1-3H3/t15-/m1/s1. The van der Waals surface area contributed by atoms with Gasteiger partial charge in [0.1, 0.15) is 5.82 Å². The molecule has 0 aliphatic heterocycles. The summed E-state index contributed by atoms with van der Waals surface area (Å²) >= 11 is 3.45. The van der Waals surface area contributed by atoms with Crippen LogP contribution >= 0.6 is 15.9 Å². The fourth-order valence-corrected chi connectivity index (χ4v) is 3.90. The quantitative estimate of drug-likeness (QED) is 0.375. The highest BCUT2D eigenvalue weighted by atomic mass is 79.9. The normalized spacial score (nSPS) is 13.0. The van der Waals surface area contributed by atoms with E-state index in [1.54, 1.807) is 12.3 Å². The Balaban J connectivity index is 1.91. The zero-order valence-electron chi connectivity index (χ0n) is 16.8. The molecule has 0 fully saturated rings. The van der Waals surface area contributed by atoms with Crippen LogP contribution in [-0.4, -0.2) is 20.4 Å². The fraction of sp³-hybridized carbons (Fsp3) is 0.261. The Morgan fingerprint density at radius 3 is 2.72 bits per heavy atom. The van der Waals surface area contributed by atoms with Gasteiger partial charge in [-0.3, -0.25) is 4.79 Å². The molecule has 0 saturated carbocycles. The third-order valence-electron chi connectivity index (χ3n) is 5.36. The number of nitrogens with zero attached hydrogens (tertiary/aromatic N) is 4. The van der Waals surface area contributed by atoms with Crippen molar-refractivity contribution < 1.29 is 0 Å². The van der Waals surface area contributed by atoms with Crippen molar-refractivity contribution in [2.24, 2.45) is 5.10 Å². The molecule has 5 nitrogen and oxygen atoms in total. The van der Waals surface area contributed by atoms with Crippen LogP contribution in [0.15, 0.2) is 63.0 Å². The van der Waals surface area contributed by atoms with Crippen LogP contribution in [0.5, 0.6) is 0 Å². The van der Waals surface area contributed by atoms with Crippen LogP contribution in [-0.2, 0) is 6.54 Å². The molecule has 2 heterocycles. The molecule has 2 aromatic carbocycles. The Bertz CT molecular complexity index is 1290. The molecule has 0 unspecified atom stereocenters. The van der Waals surface area contributed by atoms with Gasteiger partial charge in [0.2, 0.25) is 0 Å². The number of fused-ring (bicyclic) bond motifs is 2. The molecule has 0 radical (unpaired) electrons. The first-order valence-corrected chi connectivity index (χ1v) is 10.7. The summed E-state index contributed by atoms with van der Waals surface area (Å²) in [6.45, 7) is 7.15. The molecule has 0 saturated heterocycles. The van der Waals surface area contributed by atoms with E-state index in [-0.39, 0.29) is 11.5 Å². The van der Waals surface area contributed by atoms with Crippen LogP contribution in [0.4, 0.5) is 0 Å². The van der Waals surface area contributed by atoms with E-state index < -0.39 is 0 Å². The molecule has 148 valence electrons. The average Bonchev–Trinajstić information content (AvgIpc) is 3.10. The Hall–Kier alpha value is -2.73. The Labute approximate surface area is 177 Å². The second-order valence-corrected chi connectivity index (χ2v) is 8.11. The molecule has 0 bridgehead atoms. The third-order valence-corrected chi connectivity index (χ3v) is 5.85. The van der Waals surface area contributed by atoms with E-state index in [4.69, 9.17) is 4.98 Å². The van der Waals surface area contributed by atoms with Gasteiger partial charge in [-0.05, 0) is 37.6 Å². The Morgan fingerprint density at radius 1 is 1.17 bits per heavy atom. The number of hydrogen-bond donors (Lipinski definition) is 0. The number of benzene rings is 2. The summed E-state index contributed by atoms with van der Waals surface area (Å²) in [5, 5.41) is 6.28. The number of aryl methyl sites for hydroxylation is 1. The number of aromatic nitrogens is 3. The van der Waals surface area contributed by atoms with Gasteiger partial charge >= 0.3 is 0 Å². The second-order valence-electron chi connectivity index (χ2n) is 7.19. The summed E-state index contributed by atoms with van der Waals surface area (Å²) in [7, 11) is 0. The Kier molecular flexibility index (Phi) is 5.37. The van der Waals surface area contributed by atoms with Crippen LogP contribution in [0, 0.1) is 0 Å². The highest BCUT2D eigenvalue weighted by Gasteiger charge is 2.16. The van der Waals surface area contributed by atoms with Gasteiger partial charge in [0, 0.05) is 39.6 Å². The van der Waals surface area contributed by atoms with Gasteiger partial charge < -0.3 is 4.57 Å². The maximum atomic E-state index is 13.3. The number of hydrogen-bond acceptors (Lipinski definition) is 3. The largest absolute Gasteiger partial charge is 0.347 e. The van der Waals surface area contributed by atoms with Gasteiger partial charge in [-0.15, -0.1) is 0 Å². The highest BCUT2D eigenvalue weighted by molar-refractivity contribution is 9.10. The van der Waals surface area contributed by atoms with Crippen molar-refractivity contribution >= 4 is 44.0 Å². The van der Waals surface area contributed by atoms with Crippen LogP contribution in [0.1, 0.15) is 44.5 Å². The number of para-hydroxylation sites is 1. The van der Waals surface area contributed by atoms with E-state index >= 15 is 0 Å². The summed E-state index contributed by atoms with van der Waals surface area (Å²) < 4.78 is 4.49. The molecule has 4 aromatic rings. The summed E-state index contributed by atoms with van der Waals surface area (Å²) in [6, 6.07) is 13.8. The SMILES string of the molecule is CC[C@@H](C)c1nc2ccc(Br)cc2c(=O)n1N=Cc1cn(CC)c2ccccc12. The number of halogens is 1. The van der Waals surface area contributed by atoms with E-state index in [9.17, 15) is 4.79 Å². The number of rotatable bonds is 5. The van der Waals surface area contributed by atoms with Crippen molar-refractivity contribution in [2.75, 3.05) is 0 Å². The molecule has 0 spiro atoms. The molecular weight excluding hydrogens is 428 g/mol. The minimum absolute atomic E-state index is 0.116. The molecule has 2 aromatic heterocycles. The van der Waals surface area contributed by atoms with Crippen molar-refractivity contribution in [3.05, 3.63) is 74.9 Å². The zero-order valence-corrected chi connectivity index (χ0v) is 18.3. The molecule has 29 heavy (non-hydrogen) atoms. The molecular formula is C23H23BrN4O. The third kappa shape index (κ3) is 3.53. The molecule has 1 atom stereocenters. The predicted molar refractivity (Wildman–Crippen MR) is 123 cm³/mol. The van der Waals surface area contributed by atoms with Gasteiger partial charge in [0.05, 0.1) is 17.1 Å². The summed E-state index contributed by atoms with van der Waals surface area (Å²) in [4.78, 5) is 18.0. The van der Waals surface area contributed by atoms with Crippen LogP contribution in [0.2, 0.25) is 0 Å². The van der Waals surface area contributed by atoms with Gasteiger partial charge in [0.25, 0.3) is 5.56 Å². The maximum absolute atomic E-state index is 13.3. The second kappa shape index (κ2) is 7.95. The lowest BCUT2D eigenvalue weighted by Gasteiger charge is -2.13. The molecule has 0 N–H and O–H groups in total. The van der Waals surface area contributed by atoms with Crippen molar-refractivity contribution in [2.45, 2.75) is 39.7 Å². The van der Waals surface area contributed by atoms with E-state index in [1.165, 1.54) is 4.68 Å². The first-order valence-electron chi connectivity index (χ1n) is 9.87. The van der Waals surface area contributed by atoms with Crippen LogP contribution in [0.25, 0.3) is 21.8 Å². The fourth-order valence-electron chi connectivity index (χ4n) is 3.54. The van der Waals surface area contributed by atoms with Gasteiger partial charge in [-0.1, -0.05) is 48.0 Å². The van der Waals surface area contributed by atoms with Gasteiger partial charge in [0.15, 0.2) is 0 Å². The Morgan fingerprint density at radius 2 is 1.97 bits per heavy atom. The van der Waals surface area contributed by atoms with Crippen molar-refractivity contribution in [3.8, 4) is 0 Å². The lowest BCUT2D eigenvalue weighted by atomic mass is 10.1. The lowest BCUT2D eigenvalue weighted by molar-refractivity contribution is 0.613. The summed E-state index contributed by atoms with van der Waals surface area (Å²) in [5.41, 5.74) is 2.69. The van der Waals surface area contributed by atoms with Crippen molar-refractivity contribution in [1.82, 2.24) is 14.2 Å². The summed E-state index contributed by atoms with van der Waals surface area (Å²) in [6.07, 6.45) is 4.72. The molecule has 4 rings (SSSR count). The topological polar surface area (TPSA) is 52.2 Å². The minimum Gasteiger partial charge on any atom is -0.347 e. The van der Waals surface area contributed by atoms with Gasteiger partial charge in [-0.25, -0.2) is 4.98 Å². The minimum atomic E-state index is -0.151. The average molecular weight is 451 g/mol. The molecule has 0 aliphatic rings. The van der Waals surface area contributed by atoms with E-state index in [2.05, 4.69) is 64.7 Å².